The Morgan fingerprint density at radius 2 is 1.53 bits per heavy atom. The highest BCUT2D eigenvalue weighted by Gasteiger charge is 2.41. The van der Waals surface area contributed by atoms with Crippen molar-refractivity contribution in [3.05, 3.63) is 88.5 Å². The Morgan fingerprint density at radius 1 is 0.938 bits per heavy atom. The molecule has 3 aromatic carbocycles. The number of rotatable bonds is 7. The molecule has 0 fully saturated rings. The van der Waals surface area contributed by atoms with Crippen LogP contribution in [0.4, 0.5) is 0 Å². The number of hydrogen-bond donors (Lipinski definition) is 2. The highest BCUT2D eigenvalue weighted by molar-refractivity contribution is 7.93. The molecule has 6 nitrogen and oxygen atoms in total. The van der Waals surface area contributed by atoms with Crippen LogP contribution in [-0.2, 0) is 14.6 Å². The molecule has 0 aromatic heterocycles. The molecule has 0 heterocycles. The summed E-state index contributed by atoms with van der Waals surface area (Å²) in [5, 5.41) is 8.00. The summed E-state index contributed by atoms with van der Waals surface area (Å²) in [7, 11) is -4.26. The lowest BCUT2D eigenvalue weighted by atomic mass is 9.98. The van der Waals surface area contributed by atoms with Gasteiger partial charge in [0.25, 0.3) is 0 Å². The average molecular weight is 452 g/mol. The minimum Gasteiger partial charge on any atom is -0.480 e. The number of sulfone groups is 1. The largest absolute Gasteiger partial charge is 0.480 e. The van der Waals surface area contributed by atoms with E-state index in [-0.39, 0.29) is 4.90 Å². The standard InChI is InChI=1S/C25H25NO5S/c1-15-11-16(2)23(17(3)12-15)32(30,31)24(25(28)29)22(26)20-9-7-19(8-10-20)21-6-4-5-18(13-21)14-27/h4-14,22,24H,26H2,1-3H3,(H,28,29)/t22?,24-/m0/s1. The van der Waals surface area contributed by atoms with E-state index in [2.05, 4.69) is 0 Å². The van der Waals surface area contributed by atoms with Crippen LogP contribution in [0.3, 0.4) is 0 Å². The van der Waals surface area contributed by atoms with E-state index in [0.29, 0.717) is 22.3 Å². The highest BCUT2D eigenvalue weighted by atomic mass is 32.2. The van der Waals surface area contributed by atoms with E-state index in [9.17, 15) is 23.1 Å². The number of carbonyl (C=O) groups excluding carboxylic acids is 1. The normalized spacial score (nSPS) is 13.4. The molecular formula is C25H25NO5S. The first kappa shape index (κ1) is 23.4. The number of benzene rings is 3. The number of aryl methyl sites for hydroxylation is 3. The van der Waals surface area contributed by atoms with Crippen molar-refractivity contribution in [1.82, 2.24) is 0 Å². The van der Waals surface area contributed by atoms with Crippen molar-refractivity contribution in [1.29, 1.82) is 0 Å². The summed E-state index contributed by atoms with van der Waals surface area (Å²) in [5.74, 6) is -1.50. The zero-order valence-corrected chi connectivity index (χ0v) is 18.9. The van der Waals surface area contributed by atoms with Crippen LogP contribution >= 0.6 is 0 Å². The van der Waals surface area contributed by atoms with Gasteiger partial charge in [-0.05, 0) is 54.7 Å². The molecule has 3 N–H and O–H groups in total. The van der Waals surface area contributed by atoms with Crippen LogP contribution in [0.15, 0.2) is 65.6 Å². The van der Waals surface area contributed by atoms with Crippen LogP contribution < -0.4 is 5.73 Å². The van der Waals surface area contributed by atoms with Crippen LogP contribution in [0.2, 0.25) is 0 Å². The van der Waals surface area contributed by atoms with Crippen molar-refractivity contribution in [2.75, 3.05) is 0 Å². The van der Waals surface area contributed by atoms with Gasteiger partial charge in [-0.2, -0.15) is 0 Å². The van der Waals surface area contributed by atoms with Crippen molar-refractivity contribution in [2.24, 2.45) is 5.73 Å². The molecule has 0 bridgehead atoms. The number of carbonyl (C=O) groups is 2. The quantitative estimate of drug-likeness (QED) is 0.525. The van der Waals surface area contributed by atoms with Crippen molar-refractivity contribution in [3.63, 3.8) is 0 Å². The summed E-state index contributed by atoms with van der Waals surface area (Å²) in [6.45, 7) is 5.16. The summed E-state index contributed by atoms with van der Waals surface area (Å²) >= 11 is 0. The van der Waals surface area contributed by atoms with E-state index in [1.54, 1.807) is 68.4 Å². The van der Waals surface area contributed by atoms with E-state index in [4.69, 9.17) is 5.73 Å². The number of carboxylic acid groups (broad SMARTS) is 1. The molecule has 2 atom stereocenters. The molecule has 0 radical (unpaired) electrons. The van der Waals surface area contributed by atoms with E-state index in [0.717, 1.165) is 23.0 Å². The smallest absolute Gasteiger partial charge is 0.324 e. The Labute approximate surface area is 187 Å². The molecule has 0 aliphatic rings. The van der Waals surface area contributed by atoms with Crippen molar-refractivity contribution >= 4 is 22.1 Å². The minimum atomic E-state index is -4.26. The van der Waals surface area contributed by atoms with Gasteiger partial charge in [-0.15, -0.1) is 0 Å². The number of carboxylic acids is 1. The third-order valence-corrected chi connectivity index (χ3v) is 7.82. The summed E-state index contributed by atoms with van der Waals surface area (Å²) in [5.41, 5.74) is 10.6. The summed E-state index contributed by atoms with van der Waals surface area (Å²) in [4.78, 5) is 23.1. The van der Waals surface area contributed by atoms with Crippen molar-refractivity contribution in [3.8, 4) is 11.1 Å². The van der Waals surface area contributed by atoms with Crippen LogP contribution in [-0.4, -0.2) is 31.0 Å². The maximum atomic E-state index is 13.4. The molecule has 32 heavy (non-hydrogen) atoms. The lowest BCUT2D eigenvalue weighted by molar-refractivity contribution is -0.136. The maximum absolute atomic E-state index is 13.4. The second-order valence-electron chi connectivity index (χ2n) is 7.92. The SMILES string of the molecule is Cc1cc(C)c(S(=O)(=O)[C@H](C(=O)O)C(N)c2ccc(-c3cccc(C=O)c3)cc2)c(C)c1. The Hall–Kier alpha value is -3.29. The fourth-order valence-electron chi connectivity index (χ4n) is 4.09. The first-order chi connectivity index (χ1) is 15.1. The van der Waals surface area contributed by atoms with Crippen LogP contribution in [0.25, 0.3) is 11.1 Å². The van der Waals surface area contributed by atoms with Gasteiger partial charge in [0.15, 0.2) is 15.1 Å². The zero-order valence-electron chi connectivity index (χ0n) is 18.1. The van der Waals surface area contributed by atoms with E-state index in [1.807, 2.05) is 13.0 Å². The second kappa shape index (κ2) is 9.06. The molecule has 1 unspecified atom stereocenters. The van der Waals surface area contributed by atoms with Gasteiger partial charge in [0.1, 0.15) is 6.29 Å². The summed E-state index contributed by atoms with van der Waals surface area (Å²) < 4.78 is 26.8. The number of nitrogens with two attached hydrogens (primary N) is 1. The average Bonchev–Trinajstić information content (AvgIpc) is 2.72. The topological polar surface area (TPSA) is 115 Å². The maximum Gasteiger partial charge on any atom is 0.324 e. The fraction of sp³-hybridized carbons (Fsp3) is 0.200. The van der Waals surface area contributed by atoms with Gasteiger partial charge in [-0.3, -0.25) is 9.59 Å². The third-order valence-electron chi connectivity index (χ3n) is 5.44. The third kappa shape index (κ3) is 4.49. The monoisotopic (exact) mass is 451 g/mol. The second-order valence-corrected chi connectivity index (χ2v) is 9.93. The highest BCUT2D eigenvalue weighted by Crippen LogP contribution is 2.31. The fourth-order valence-corrected chi connectivity index (χ4v) is 6.16. The Balaban J connectivity index is 2.01. The molecule has 3 rings (SSSR count). The Bertz CT molecular complexity index is 1260. The molecule has 3 aromatic rings. The summed E-state index contributed by atoms with van der Waals surface area (Å²) in [6.07, 6.45) is 0.755. The molecule has 0 spiro atoms. The molecule has 0 aliphatic carbocycles. The van der Waals surface area contributed by atoms with Gasteiger partial charge >= 0.3 is 5.97 Å². The molecular weight excluding hydrogens is 426 g/mol. The predicted octanol–water partition coefficient (Wildman–Crippen LogP) is 4.02. The molecule has 166 valence electrons. The number of aldehydes is 1. The molecule has 0 amide bonds. The van der Waals surface area contributed by atoms with E-state index < -0.39 is 27.1 Å². The first-order valence-electron chi connectivity index (χ1n) is 10.0. The predicted molar refractivity (Wildman–Crippen MR) is 123 cm³/mol. The van der Waals surface area contributed by atoms with Gasteiger partial charge in [-0.25, -0.2) is 8.42 Å². The van der Waals surface area contributed by atoms with Crippen LogP contribution in [0, 0.1) is 20.8 Å². The van der Waals surface area contributed by atoms with Gasteiger partial charge in [-0.1, -0.05) is 60.2 Å². The van der Waals surface area contributed by atoms with Gasteiger partial charge in [0, 0.05) is 5.56 Å². The first-order valence-corrected chi connectivity index (χ1v) is 11.6. The molecule has 0 saturated carbocycles. The Morgan fingerprint density at radius 3 is 2.06 bits per heavy atom. The molecule has 0 aliphatic heterocycles. The van der Waals surface area contributed by atoms with Crippen LogP contribution in [0.1, 0.15) is 38.7 Å². The van der Waals surface area contributed by atoms with Gasteiger partial charge in [0.2, 0.25) is 0 Å². The van der Waals surface area contributed by atoms with Gasteiger partial charge in [0.05, 0.1) is 10.9 Å². The zero-order chi connectivity index (χ0) is 23.6. The van der Waals surface area contributed by atoms with Crippen molar-refractivity contribution in [2.45, 2.75) is 37.0 Å². The van der Waals surface area contributed by atoms with Crippen LogP contribution in [0.5, 0.6) is 0 Å². The van der Waals surface area contributed by atoms with E-state index in [1.165, 1.54) is 0 Å². The number of hydrogen-bond acceptors (Lipinski definition) is 5. The number of aliphatic carboxylic acids is 1. The molecule has 7 heteroatoms. The van der Waals surface area contributed by atoms with Gasteiger partial charge < -0.3 is 10.8 Å². The Kier molecular flexibility index (Phi) is 6.62. The van der Waals surface area contributed by atoms with Crippen molar-refractivity contribution < 1.29 is 23.1 Å². The lowest BCUT2D eigenvalue weighted by Gasteiger charge is -2.23. The van der Waals surface area contributed by atoms with E-state index >= 15 is 0 Å². The summed E-state index contributed by atoms with van der Waals surface area (Å²) in [6, 6.07) is 15.9. The molecule has 0 saturated heterocycles. The minimum absolute atomic E-state index is 0.00764. The lowest BCUT2D eigenvalue weighted by Crippen LogP contribution is -2.40.